The highest BCUT2D eigenvalue weighted by molar-refractivity contribution is 7.21. The molecule has 0 amide bonds. The Labute approximate surface area is 159 Å². The molecule has 5 nitrogen and oxygen atoms in total. The Bertz CT molecular complexity index is 1150. The number of hydrogen-bond donors (Lipinski definition) is 0. The first-order valence-corrected chi connectivity index (χ1v) is 9.19. The summed E-state index contributed by atoms with van der Waals surface area (Å²) in [5.41, 5.74) is 3.04. The van der Waals surface area contributed by atoms with Crippen molar-refractivity contribution < 1.29 is 18.7 Å². The lowest BCUT2D eigenvalue weighted by molar-refractivity contribution is 0.0470. The molecule has 1 aromatic carbocycles. The Morgan fingerprint density at radius 1 is 1.26 bits per heavy atom. The first-order chi connectivity index (χ1) is 13.1. The molecule has 4 rings (SSSR count). The van der Waals surface area contributed by atoms with E-state index in [1.54, 1.807) is 12.1 Å². The maximum Gasteiger partial charge on any atom is 0.349 e. The van der Waals surface area contributed by atoms with Gasteiger partial charge in [-0.05, 0) is 30.7 Å². The second-order valence-electron chi connectivity index (χ2n) is 6.19. The van der Waals surface area contributed by atoms with Gasteiger partial charge in [-0.3, -0.25) is 0 Å². The summed E-state index contributed by atoms with van der Waals surface area (Å²) in [7, 11) is 1.51. The summed E-state index contributed by atoms with van der Waals surface area (Å²) >= 11 is 1.21. The molecule has 0 fully saturated rings. The number of fused-ring (bicyclic) bond motifs is 2. The van der Waals surface area contributed by atoms with E-state index in [4.69, 9.17) is 9.47 Å². The number of thiophene rings is 1. The van der Waals surface area contributed by atoms with E-state index in [0.717, 1.165) is 11.2 Å². The summed E-state index contributed by atoms with van der Waals surface area (Å²) in [6, 6.07) is 8.69. The van der Waals surface area contributed by atoms with Crippen LogP contribution in [0.2, 0.25) is 0 Å². The number of rotatable bonds is 5. The predicted octanol–water partition coefficient (Wildman–Crippen LogP) is 4.50. The molecule has 7 heteroatoms. The predicted molar refractivity (Wildman–Crippen MR) is 102 cm³/mol. The molecule has 0 spiro atoms. The zero-order valence-electron chi connectivity index (χ0n) is 14.9. The number of carbonyl (C=O) groups excluding carboxylic acids is 1. The van der Waals surface area contributed by atoms with Gasteiger partial charge in [0, 0.05) is 35.2 Å². The van der Waals surface area contributed by atoms with Crippen LogP contribution in [0.5, 0.6) is 0 Å². The van der Waals surface area contributed by atoms with E-state index in [1.807, 2.05) is 35.9 Å². The summed E-state index contributed by atoms with van der Waals surface area (Å²) in [5.74, 6) is -0.873. The molecule has 0 aliphatic carbocycles. The topological polar surface area (TPSA) is 52.8 Å². The first kappa shape index (κ1) is 17.6. The molecular formula is C20H17FN2O3S. The van der Waals surface area contributed by atoms with Crippen LogP contribution in [0.4, 0.5) is 4.39 Å². The number of aryl methyl sites for hydroxylation is 1. The van der Waals surface area contributed by atoms with E-state index in [0.29, 0.717) is 26.2 Å². The molecule has 0 unspecified atom stereocenters. The lowest BCUT2D eigenvalue weighted by Gasteiger charge is -2.04. The van der Waals surface area contributed by atoms with Crippen LogP contribution in [-0.2, 0) is 22.7 Å². The number of halogens is 1. The van der Waals surface area contributed by atoms with Crippen molar-refractivity contribution in [1.29, 1.82) is 0 Å². The van der Waals surface area contributed by atoms with Crippen LogP contribution in [0.25, 0.3) is 15.7 Å². The third-order valence-electron chi connectivity index (χ3n) is 4.32. The Hall–Kier alpha value is -2.77. The van der Waals surface area contributed by atoms with Crippen molar-refractivity contribution in [3.8, 4) is 0 Å². The monoisotopic (exact) mass is 384 g/mol. The van der Waals surface area contributed by atoms with Crippen LogP contribution in [-0.4, -0.2) is 22.5 Å². The number of hydrogen-bond acceptors (Lipinski definition) is 5. The summed E-state index contributed by atoms with van der Waals surface area (Å²) in [4.78, 5) is 17.5. The lowest BCUT2D eigenvalue weighted by atomic mass is 10.1. The van der Waals surface area contributed by atoms with Crippen LogP contribution < -0.4 is 0 Å². The van der Waals surface area contributed by atoms with Gasteiger partial charge in [0.15, 0.2) is 0 Å². The maximum absolute atomic E-state index is 14.2. The Balaban J connectivity index is 1.61. The fraction of sp³-hybridized carbons (Fsp3) is 0.200. The molecule has 0 radical (unpaired) electrons. The fourth-order valence-electron chi connectivity index (χ4n) is 3.09. The zero-order chi connectivity index (χ0) is 19.0. The molecule has 3 aromatic heterocycles. The smallest absolute Gasteiger partial charge is 0.349 e. The van der Waals surface area contributed by atoms with Crippen molar-refractivity contribution in [3.05, 3.63) is 70.2 Å². The number of nitrogens with zero attached hydrogens (tertiary/aromatic N) is 2. The minimum Gasteiger partial charge on any atom is -0.455 e. The summed E-state index contributed by atoms with van der Waals surface area (Å²) in [6.07, 6.45) is 3.72. The molecule has 4 aromatic rings. The van der Waals surface area contributed by atoms with Crippen molar-refractivity contribution in [2.75, 3.05) is 7.11 Å². The van der Waals surface area contributed by atoms with Gasteiger partial charge >= 0.3 is 5.97 Å². The molecule has 0 aliphatic heterocycles. The van der Waals surface area contributed by atoms with E-state index < -0.39 is 5.97 Å². The van der Waals surface area contributed by atoms with Crippen LogP contribution >= 0.6 is 11.3 Å². The van der Waals surface area contributed by atoms with Gasteiger partial charge in [0.05, 0.1) is 12.3 Å². The maximum atomic E-state index is 14.2. The number of aromatic nitrogens is 2. The van der Waals surface area contributed by atoms with Gasteiger partial charge in [0.25, 0.3) is 0 Å². The number of benzene rings is 1. The van der Waals surface area contributed by atoms with Crippen molar-refractivity contribution in [2.45, 2.75) is 20.1 Å². The van der Waals surface area contributed by atoms with Crippen molar-refractivity contribution in [2.24, 2.45) is 0 Å². The highest BCUT2D eigenvalue weighted by Crippen LogP contribution is 2.34. The molecular weight excluding hydrogens is 367 g/mol. The van der Waals surface area contributed by atoms with Crippen LogP contribution in [0, 0.1) is 12.7 Å². The SMILES string of the molecule is COCc1c(C(=O)OCc2cn3cccc(C)c3n2)sc2cccc(F)c12. The average Bonchev–Trinajstić information content (AvgIpc) is 3.23. The third-order valence-corrected chi connectivity index (χ3v) is 5.49. The fourth-order valence-corrected chi connectivity index (χ4v) is 4.21. The van der Waals surface area contributed by atoms with Gasteiger partial charge in [-0.15, -0.1) is 11.3 Å². The zero-order valence-corrected chi connectivity index (χ0v) is 15.7. The van der Waals surface area contributed by atoms with Crippen molar-refractivity contribution in [3.63, 3.8) is 0 Å². The number of pyridine rings is 1. The van der Waals surface area contributed by atoms with Gasteiger partial charge in [0.1, 0.15) is 22.9 Å². The van der Waals surface area contributed by atoms with Gasteiger partial charge < -0.3 is 13.9 Å². The number of carbonyl (C=O) groups is 1. The normalized spacial score (nSPS) is 11.4. The number of esters is 1. The van der Waals surface area contributed by atoms with E-state index in [1.165, 1.54) is 24.5 Å². The van der Waals surface area contributed by atoms with Crippen molar-refractivity contribution >= 4 is 33.0 Å². The van der Waals surface area contributed by atoms with Crippen LogP contribution in [0.15, 0.2) is 42.7 Å². The van der Waals surface area contributed by atoms with Crippen LogP contribution in [0.1, 0.15) is 26.5 Å². The van der Waals surface area contributed by atoms with Crippen molar-refractivity contribution in [1.82, 2.24) is 9.38 Å². The van der Waals surface area contributed by atoms with E-state index in [-0.39, 0.29) is 19.0 Å². The highest BCUT2D eigenvalue weighted by atomic mass is 32.1. The summed E-state index contributed by atoms with van der Waals surface area (Å²) in [6.45, 7) is 2.16. The first-order valence-electron chi connectivity index (χ1n) is 8.37. The minimum atomic E-state index is -0.503. The summed E-state index contributed by atoms with van der Waals surface area (Å²) < 4.78 is 27.5. The number of imidazole rings is 1. The minimum absolute atomic E-state index is 0.0447. The second-order valence-corrected chi connectivity index (χ2v) is 7.24. The molecule has 0 bridgehead atoms. The number of ether oxygens (including phenoxy) is 2. The highest BCUT2D eigenvalue weighted by Gasteiger charge is 2.22. The summed E-state index contributed by atoms with van der Waals surface area (Å²) in [5, 5.41) is 0.416. The van der Waals surface area contributed by atoms with E-state index in [2.05, 4.69) is 4.98 Å². The molecule has 0 aliphatic rings. The molecule has 0 atom stereocenters. The molecule has 138 valence electrons. The quantitative estimate of drug-likeness (QED) is 0.476. The second kappa shape index (κ2) is 7.09. The molecule has 0 N–H and O–H groups in total. The molecule has 0 saturated heterocycles. The van der Waals surface area contributed by atoms with E-state index >= 15 is 0 Å². The average molecular weight is 384 g/mol. The van der Waals surface area contributed by atoms with E-state index in [9.17, 15) is 9.18 Å². The Morgan fingerprint density at radius 3 is 2.89 bits per heavy atom. The largest absolute Gasteiger partial charge is 0.455 e. The van der Waals surface area contributed by atoms with Crippen LogP contribution in [0.3, 0.4) is 0 Å². The molecule has 3 heterocycles. The third kappa shape index (κ3) is 3.20. The Morgan fingerprint density at radius 2 is 2.11 bits per heavy atom. The van der Waals surface area contributed by atoms with Gasteiger partial charge in [-0.25, -0.2) is 14.2 Å². The number of methoxy groups -OCH3 is 1. The lowest BCUT2D eigenvalue weighted by Crippen LogP contribution is -2.06. The Kier molecular flexibility index (Phi) is 4.63. The van der Waals surface area contributed by atoms with Gasteiger partial charge in [-0.1, -0.05) is 12.1 Å². The standard InChI is InChI=1S/C20H17FN2O3S/c1-12-5-4-8-23-9-13(22-19(12)23)10-26-20(24)18-14(11-25-2)17-15(21)6-3-7-16(17)27-18/h3-9H,10-11H2,1-2H3. The molecule has 0 saturated carbocycles. The molecule has 27 heavy (non-hydrogen) atoms. The van der Waals surface area contributed by atoms with Gasteiger partial charge in [0.2, 0.25) is 0 Å². The van der Waals surface area contributed by atoms with Gasteiger partial charge in [-0.2, -0.15) is 0 Å².